The zero-order valence-corrected chi connectivity index (χ0v) is 15.0. The molecule has 3 rings (SSSR count). The SMILES string of the molecule is Cc1cccc(CNC(=O)c2cncc(C(=O)Nc3ccc(F)c(F)c3)c2)c1. The van der Waals surface area contributed by atoms with Gasteiger partial charge < -0.3 is 10.6 Å². The van der Waals surface area contributed by atoms with Crippen molar-refractivity contribution >= 4 is 17.5 Å². The van der Waals surface area contributed by atoms with Crippen molar-refractivity contribution in [1.29, 1.82) is 0 Å². The number of pyridine rings is 1. The van der Waals surface area contributed by atoms with Gasteiger partial charge in [0.15, 0.2) is 11.6 Å². The van der Waals surface area contributed by atoms with E-state index in [1.54, 1.807) is 0 Å². The summed E-state index contributed by atoms with van der Waals surface area (Å²) in [6.07, 6.45) is 2.63. The lowest BCUT2D eigenvalue weighted by atomic mass is 10.1. The number of aryl methyl sites for hydroxylation is 1. The standard InChI is InChI=1S/C21H17F2N3O2/c1-13-3-2-4-14(7-13)10-25-20(27)15-8-16(12-24-11-15)21(28)26-17-5-6-18(22)19(23)9-17/h2-9,11-12H,10H2,1H3,(H,25,27)(H,26,28). The van der Waals surface area contributed by atoms with Gasteiger partial charge in [-0.1, -0.05) is 29.8 Å². The van der Waals surface area contributed by atoms with Crippen LogP contribution >= 0.6 is 0 Å². The highest BCUT2D eigenvalue weighted by molar-refractivity contribution is 6.05. The molecule has 2 amide bonds. The van der Waals surface area contributed by atoms with Crippen LogP contribution in [0.4, 0.5) is 14.5 Å². The van der Waals surface area contributed by atoms with Gasteiger partial charge in [0.25, 0.3) is 11.8 Å². The van der Waals surface area contributed by atoms with Gasteiger partial charge >= 0.3 is 0 Å². The van der Waals surface area contributed by atoms with E-state index in [4.69, 9.17) is 0 Å². The van der Waals surface area contributed by atoms with E-state index in [1.165, 1.54) is 24.5 Å². The van der Waals surface area contributed by atoms with E-state index in [2.05, 4.69) is 15.6 Å². The summed E-state index contributed by atoms with van der Waals surface area (Å²) >= 11 is 0. The number of anilines is 1. The average molecular weight is 381 g/mol. The minimum atomic E-state index is -1.07. The molecule has 0 unspecified atom stereocenters. The Morgan fingerprint density at radius 2 is 1.68 bits per heavy atom. The van der Waals surface area contributed by atoms with Gasteiger partial charge in [-0.15, -0.1) is 0 Å². The van der Waals surface area contributed by atoms with Crippen LogP contribution in [0.2, 0.25) is 0 Å². The summed E-state index contributed by atoms with van der Waals surface area (Å²) < 4.78 is 26.2. The first-order valence-corrected chi connectivity index (χ1v) is 8.47. The van der Waals surface area contributed by atoms with Crippen molar-refractivity contribution < 1.29 is 18.4 Å². The van der Waals surface area contributed by atoms with E-state index in [0.717, 1.165) is 23.3 Å². The Kier molecular flexibility index (Phi) is 5.74. The topological polar surface area (TPSA) is 71.1 Å². The summed E-state index contributed by atoms with van der Waals surface area (Å²) in [5.41, 5.74) is 2.47. The van der Waals surface area contributed by atoms with Gasteiger partial charge in [-0.2, -0.15) is 0 Å². The molecule has 0 radical (unpaired) electrons. The van der Waals surface area contributed by atoms with Gasteiger partial charge in [0, 0.05) is 30.7 Å². The second-order valence-electron chi connectivity index (χ2n) is 6.22. The van der Waals surface area contributed by atoms with Crippen LogP contribution in [0.3, 0.4) is 0 Å². The quantitative estimate of drug-likeness (QED) is 0.705. The van der Waals surface area contributed by atoms with Crippen molar-refractivity contribution in [3.05, 3.63) is 94.8 Å². The van der Waals surface area contributed by atoms with Gasteiger partial charge in [-0.05, 0) is 30.7 Å². The molecule has 0 aliphatic carbocycles. The maximum absolute atomic E-state index is 13.3. The van der Waals surface area contributed by atoms with E-state index in [-0.39, 0.29) is 22.7 Å². The van der Waals surface area contributed by atoms with E-state index in [0.29, 0.717) is 6.54 Å². The van der Waals surface area contributed by atoms with Crippen molar-refractivity contribution in [2.45, 2.75) is 13.5 Å². The molecule has 0 spiro atoms. The number of hydrogen-bond donors (Lipinski definition) is 2. The molecule has 0 aliphatic heterocycles. The number of carbonyl (C=O) groups excluding carboxylic acids is 2. The maximum atomic E-state index is 13.3. The van der Waals surface area contributed by atoms with Crippen molar-refractivity contribution in [2.75, 3.05) is 5.32 Å². The van der Waals surface area contributed by atoms with Gasteiger partial charge in [-0.25, -0.2) is 8.78 Å². The number of aromatic nitrogens is 1. The van der Waals surface area contributed by atoms with Crippen LogP contribution in [0.1, 0.15) is 31.8 Å². The number of rotatable bonds is 5. The van der Waals surface area contributed by atoms with Crippen LogP contribution in [0.5, 0.6) is 0 Å². The van der Waals surface area contributed by atoms with Gasteiger partial charge in [-0.3, -0.25) is 14.6 Å². The number of halogens is 2. The van der Waals surface area contributed by atoms with E-state index in [1.807, 2.05) is 31.2 Å². The van der Waals surface area contributed by atoms with E-state index >= 15 is 0 Å². The van der Waals surface area contributed by atoms with Crippen LogP contribution in [0.25, 0.3) is 0 Å². The van der Waals surface area contributed by atoms with Gasteiger partial charge in [0.05, 0.1) is 11.1 Å². The van der Waals surface area contributed by atoms with Crippen LogP contribution in [-0.2, 0) is 6.54 Å². The van der Waals surface area contributed by atoms with E-state index in [9.17, 15) is 18.4 Å². The highest BCUT2D eigenvalue weighted by atomic mass is 19.2. The molecule has 5 nitrogen and oxygen atoms in total. The summed E-state index contributed by atoms with van der Waals surface area (Å²) in [7, 11) is 0. The number of nitrogens with zero attached hydrogens (tertiary/aromatic N) is 1. The lowest BCUT2D eigenvalue weighted by Crippen LogP contribution is -2.23. The predicted molar refractivity (Wildman–Crippen MR) is 101 cm³/mol. The Balaban J connectivity index is 1.67. The van der Waals surface area contributed by atoms with Crippen LogP contribution in [-0.4, -0.2) is 16.8 Å². The number of nitrogens with one attached hydrogen (secondary N) is 2. The molecule has 2 aromatic carbocycles. The largest absolute Gasteiger partial charge is 0.348 e. The zero-order valence-electron chi connectivity index (χ0n) is 15.0. The molecule has 0 saturated heterocycles. The first kappa shape index (κ1) is 19.2. The lowest BCUT2D eigenvalue weighted by molar-refractivity contribution is 0.0950. The molecule has 1 heterocycles. The monoisotopic (exact) mass is 381 g/mol. The maximum Gasteiger partial charge on any atom is 0.257 e. The molecule has 0 fully saturated rings. The van der Waals surface area contributed by atoms with Crippen molar-refractivity contribution in [2.24, 2.45) is 0 Å². The Morgan fingerprint density at radius 1 is 0.929 bits per heavy atom. The smallest absolute Gasteiger partial charge is 0.257 e. The molecule has 1 aromatic heterocycles. The lowest BCUT2D eigenvalue weighted by Gasteiger charge is -2.08. The minimum Gasteiger partial charge on any atom is -0.348 e. The minimum absolute atomic E-state index is 0.0956. The Hall–Kier alpha value is -3.61. The summed E-state index contributed by atoms with van der Waals surface area (Å²) in [5, 5.41) is 5.21. The average Bonchev–Trinajstić information content (AvgIpc) is 2.69. The molecule has 0 atom stereocenters. The van der Waals surface area contributed by atoms with Gasteiger partial charge in [0.1, 0.15) is 0 Å². The van der Waals surface area contributed by atoms with Crippen LogP contribution in [0.15, 0.2) is 60.9 Å². The highest BCUT2D eigenvalue weighted by Crippen LogP contribution is 2.14. The Morgan fingerprint density at radius 3 is 2.39 bits per heavy atom. The number of amides is 2. The van der Waals surface area contributed by atoms with Gasteiger partial charge in [0.2, 0.25) is 0 Å². The fraction of sp³-hybridized carbons (Fsp3) is 0.0952. The molecule has 0 aliphatic rings. The number of hydrogen-bond acceptors (Lipinski definition) is 3. The molecule has 28 heavy (non-hydrogen) atoms. The van der Waals surface area contributed by atoms with Crippen LogP contribution < -0.4 is 10.6 Å². The molecule has 142 valence electrons. The Labute approximate surface area is 160 Å². The predicted octanol–water partition coefficient (Wildman–Crippen LogP) is 3.85. The first-order valence-electron chi connectivity index (χ1n) is 8.47. The fourth-order valence-corrected chi connectivity index (χ4v) is 2.57. The normalized spacial score (nSPS) is 10.4. The molecular weight excluding hydrogens is 364 g/mol. The van der Waals surface area contributed by atoms with Crippen molar-refractivity contribution in [3.63, 3.8) is 0 Å². The number of carbonyl (C=O) groups is 2. The molecule has 7 heteroatoms. The van der Waals surface area contributed by atoms with E-state index < -0.39 is 17.5 Å². The molecule has 2 N–H and O–H groups in total. The highest BCUT2D eigenvalue weighted by Gasteiger charge is 2.13. The van der Waals surface area contributed by atoms with Crippen molar-refractivity contribution in [1.82, 2.24) is 10.3 Å². The second kappa shape index (κ2) is 8.39. The summed E-state index contributed by atoms with van der Waals surface area (Å²) in [6, 6.07) is 12.1. The summed E-state index contributed by atoms with van der Waals surface area (Å²) in [5.74, 6) is -3.05. The second-order valence-corrected chi connectivity index (χ2v) is 6.22. The molecule has 0 bridgehead atoms. The molecule has 3 aromatic rings. The third-order valence-electron chi connectivity index (χ3n) is 3.98. The molecular formula is C21H17F2N3O2. The fourth-order valence-electron chi connectivity index (χ4n) is 2.57. The van der Waals surface area contributed by atoms with Crippen molar-refractivity contribution in [3.8, 4) is 0 Å². The third-order valence-corrected chi connectivity index (χ3v) is 3.98. The summed E-state index contributed by atoms with van der Waals surface area (Å²) in [4.78, 5) is 28.6. The first-order chi connectivity index (χ1) is 13.4. The molecule has 0 saturated carbocycles. The zero-order chi connectivity index (χ0) is 20.1. The Bertz CT molecular complexity index is 1040. The van der Waals surface area contributed by atoms with Crippen LogP contribution in [0, 0.1) is 18.6 Å². The third kappa shape index (κ3) is 4.76. The summed E-state index contributed by atoms with van der Waals surface area (Å²) in [6.45, 7) is 2.30. The number of benzene rings is 2.